The number of halogens is 1. The minimum atomic E-state index is -0.522. The fourth-order valence-electron chi connectivity index (χ4n) is 2.07. The Kier molecular flexibility index (Phi) is 3.69. The second-order valence-electron chi connectivity index (χ2n) is 4.62. The van der Waals surface area contributed by atoms with Crippen LogP contribution >= 0.6 is 11.6 Å². The van der Waals surface area contributed by atoms with Crippen LogP contribution in [0.3, 0.4) is 0 Å². The minimum absolute atomic E-state index is 0.522. The number of hydrogen-bond acceptors (Lipinski definition) is 1. The van der Waals surface area contributed by atoms with Crippen molar-refractivity contribution in [2.24, 2.45) is 0 Å². The van der Waals surface area contributed by atoms with Crippen molar-refractivity contribution >= 4 is 11.6 Å². The van der Waals surface area contributed by atoms with Gasteiger partial charge in [-0.15, -0.1) is 0 Å². The molecule has 0 spiro atoms. The van der Waals surface area contributed by atoms with Gasteiger partial charge in [-0.05, 0) is 36.6 Å². The van der Waals surface area contributed by atoms with Gasteiger partial charge in [0.2, 0.25) is 0 Å². The van der Waals surface area contributed by atoms with E-state index in [1.807, 2.05) is 61.5 Å². The van der Waals surface area contributed by atoms with Crippen LogP contribution in [0.25, 0.3) is 0 Å². The Bertz CT molecular complexity index is 571. The van der Waals surface area contributed by atoms with Gasteiger partial charge in [-0.3, -0.25) is 0 Å². The van der Waals surface area contributed by atoms with Crippen LogP contribution in [0.15, 0.2) is 54.6 Å². The Morgan fingerprint density at radius 1 is 1.11 bits per heavy atom. The fourth-order valence-corrected chi connectivity index (χ4v) is 2.28. The van der Waals surface area contributed by atoms with Gasteiger partial charge in [0.05, 0.1) is 11.5 Å². The Balaban J connectivity index is 2.33. The highest BCUT2D eigenvalue weighted by molar-refractivity contribution is 6.30. The molecule has 1 unspecified atom stereocenters. The lowest BCUT2D eigenvalue weighted by Gasteiger charge is -2.22. The first-order chi connectivity index (χ1) is 8.64. The molecule has 1 atom stereocenters. The van der Waals surface area contributed by atoms with Gasteiger partial charge in [-0.25, -0.2) is 0 Å². The van der Waals surface area contributed by atoms with E-state index in [0.717, 1.165) is 11.1 Å². The SMILES string of the molecule is CC(C#N)(Cc1cccc(Cl)c1)c1ccccc1. The summed E-state index contributed by atoms with van der Waals surface area (Å²) in [5.74, 6) is 0. The molecule has 0 aromatic heterocycles. The topological polar surface area (TPSA) is 23.8 Å². The Hall–Kier alpha value is -1.78. The molecule has 0 aliphatic rings. The third-order valence-corrected chi connectivity index (χ3v) is 3.34. The zero-order chi connectivity index (χ0) is 13.0. The van der Waals surface area contributed by atoms with E-state index in [0.29, 0.717) is 11.4 Å². The van der Waals surface area contributed by atoms with Crippen molar-refractivity contribution in [2.45, 2.75) is 18.8 Å². The summed E-state index contributed by atoms with van der Waals surface area (Å²) in [6, 6.07) is 20.0. The number of rotatable bonds is 3. The van der Waals surface area contributed by atoms with Crippen LogP contribution in [0.2, 0.25) is 5.02 Å². The van der Waals surface area contributed by atoms with Gasteiger partial charge in [0, 0.05) is 5.02 Å². The highest BCUT2D eigenvalue weighted by Crippen LogP contribution is 2.28. The number of nitrogens with zero attached hydrogens (tertiary/aromatic N) is 1. The van der Waals surface area contributed by atoms with E-state index in [4.69, 9.17) is 11.6 Å². The highest BCUT2D eigenvalue weighted by Gasteiger charge is 2.26. The van der Waals surface area contributed by atoms with E-state index >= 15 is 0 Å². The molecule has 0 radical (unpaired) electrons. The standard InChI is InChI=1S/C16H14ClN/c1-16(12-18,14-7-3-2-4-8-14)11-13-6-5-9-15(17)10-13/h2-10H,11H2,1H3. The number of nitriles is 1. The van der Waals surface area contributed by atoms with E-state index in [-0.39, 0.29) is 0 Å². The van der Waals surface area contributed by atoms with Crippen molar-refractivity contribution in [3.63, 3.8) is 0 Å². The molecule has 0 N–H and O–H groups in total. The van der Waals surface area contributed by atoms with E-state index in [9.17, 15) is 5.26 Å². The Morgan fingerprint density at radius 2 is 1.83 bits per heavy atom. The summed E-state index contributed by atoms with van der Waals surface area (Å²) in [5, 5.41) is 10.2. The molecular weight excluding hydrogens is 242 g/mol. The molecule has 0 heterocycles. The molecule has 90 valence electrons. The molecular formula is C16H14ClN. The van der Waals surface area contributed by atoms with Crippen molar-refractivity contribution < 1.29 is 0 Å². The van der Waals surface area contributed by atoms with Crippen LogP contribution in [0.4, 0.5) is 0 Å². The molecule has 2 heteroatoms. The fraction of sp³-hybridized carbons (Fsp3) is 0.188. The van der Waals surface area contributed by atoms with Crippen molar-refractivity contribution in [2.75, 3.05) is 0 Å². The number of hydrogen-bond donors (Lipinski definition) is 0. The maximum Gasteiger partial charge on any atom is 0.0834 e. The second kappa shape index (κ2) is 5.25. The van der Waals surface area contributed by atoms with Crippen LogP contribution in [-0.4, -0.2) is 0 Å². The van der Waals surface area contributed by atoms with Gasteiger partial charge in [-0.2, -0.15) is 5.26 Å². The molecule has 0 saturated heterocycles. The summed E-state index contributed by atoms with van der Waals surface area (Å²) in [5.41, 5.74) is 1.59. The van der Waals surface area contributed by atoms with Crippen LogP contribution in [-0.2, 0) is 11.8 Å². The third-order valence-electron chi connectivity index (χ3n) is 3.10. The Labute approximate surface area is 113 Å². The van der Waals surface area contributed by atoms with E-state index < -0.39 is 5.41 Å². The van der Waals surface area contributed by atoms with Crippen LogP contribution in [0.1, 0.15) is 18.1 Å². The normalized spacial score (nSPS) is 13.6. The van der Waals surface area contributed by atoms with Crippen LogP contribution in [0, 0.1) is 11.3 Å². The van der Waals surface area contributed by atoms with Gasteiger partial charge in [0.15, 0.2) is 0 Å². The van der Waals surface area contributed by atoms with Crippen molar-refractivity contribution in [1.82, 2.24) is 0 Å². The van der Waals surface area contributed by atoms with Crippen LogP contribution in [0.5, 0.6) is 0 Å². The molecule has 0 saturated carbocycles. The zero-order valence-corrected chi connectivity index (χ0v) is 11.0. The zero-order valence-electron chi connectivity index (χ0n) is 10.2. The van der Waals surface area contributed by atoms with Crippen LogP contribution < -0.4 is 0 Å². The molecule has 0 aliphatic heterocycles. The van der Waals surface area contributed by atoms with Gasteiger partial charge in [0.1, 0.15) is 0 Å². The largest absolute Gasteiger partial charge is 0.197 e. The van der Waals surface area contributed by atoms with Crippen molar-refractivity contribution in [1.29, 1.82) is 5.26 Å². The molecule has 0 amide bonds. The minimum Gasteiger partial charge on any atom is -0.197 e. The lowest BCUT2D eigenvalue weighted by molar-refractivity contribution is 0.606. The van der Waals surface area contributed by atoms with Gasteiger partial charge in [-0.1, -0.05) is 54.1 Å². The maximum atomic E-state index is 9.49. The second-order valence-corrected chi connectivity index (χ2v) is 5.05. The monoisotopic (exact) mass is 255 g/mol. The third kappa shape index (κ3) is 2.72. The van der Waals surface area contributed by atoms with Gasteiger partial charge >= 0.3 is 0 Å². The molecule has 0 aliphatic carbocycles. The molecule has 2 aromatic carbocycles. The van der Waals surface area contributed by atoms with E-state index in [1.54, 1.807) is 0 Å². The molecule has 18 heavy (non-hydrogen) atoms. The summed E-state index contributed by atoms with van der Waals surface area (Å²) in [4.78, 5) is 0. The predicted molar refractivity (Wildman–Crippen MR) is 74.6 cm³/mol. The summed E-state index contributed by atoms with van der Waals surface area (Å²) in [6.45, 7) is 1.96. The maximum absolute atomic E-state index is 9.49. The molecule has 2 aromatic rings. The molecule has 0 fully saturated rings. The van der Waals surface area contributed by atoms with Crippen molar-refractivity contribution in [3.8, 4) is 6.07 Å². The average molecular weight is 256 g/mol. The first-order valence-electron chi connectivity index (χ1n) is 5.85. The van der Waals surface area contributed by atoms with Gasteiger partial charge < -0.3 is 0 Å². The molecule has 0 bridgehead atoms. The summed E-state index contributed by atoms with van der Waals surface area (Å²) in [7, 11) is 0. The van der Waals surface area contributed by atoms with Crippen molar-refractivity contribution in [3.05, 3.63) is 70.7 Å². The van der Waals surface area contributed by atoms with Gasteiger partial charge in [0.25, 0.3) is 0 Å². The average Bonchev–Trinajstić information content (AvgIpc) is 2.39. The van der Waals surface area contributed by atoms with E-state index in [2.05, 4.69) is 6.07 Å². The summed E-state index contributed by atoms with van der Waals surface area (Å²) in [6.07, 6.45) is 0.661. The quantitative estimate of drug-likeness (QED) is 0.799. The lowest BCUT2D eigenvalue weighted by Crippen LogP contribution is -2.22. The molecule has 1 nitrogen and oxygen atoms in total. The summed E-state index contributed by atoms with van der Waals surface area (Å²) >= 11 is 5.98. The Morgan fingerprint density at radius 3 is 2.44 bits per heavy atom. The van der Waals surface area contributed by atoms with E-state index in [1.165, 1.54) is 0 Å². The predicted octanol–water partition coefficient (Wildman–Crippen LogP) is 4.36. The first kappa shape index (κ1) is 12.7. The lowest BCUT2D eigenvalue weighted by atomic mass is 9.79. The highest BCUT2D eigenvalue weighted by atomic mass is 35.5. The summed E-state index contributed by atoms with van der Waals surface area (Å²) < 4.78 is 0. The molecule has 2 rings (SSSR count). The number of benzene rings is 2. The smallest absolute Gasteiger partial charge is 0.0834 e. The first-order valence-corrected chi connectivity index (χ1v) is 6.23.